The highest BCUT2D eigenvalue weighted by Gasteiger charge is 2.28. The molecule has 0 aliphatic heterocycles. The van der Waals surface area contributed by atoms with Crippen LogP contribution in [0.3, 0.4) is 0 Å². The van der Waals surface area contributed by atoms with Crippen molar-refractivity contribution in [1.82, 2.24) is 10.2 Å². The van der Waals surface area contributed by atoms with Crippen molar-refractivity contribution < 1.29 is 4.42 Å². The monoisotopic (exact) mass is 257 g/mol. The molecule has 1 aromatic heterocycles. The number of aromatic nitrogens is 2. The lowest BCUT2D eigenvalue weighted by Gasteiger charge is -2.33. The Hall–Kier alpha value is -0.770. The Labute approximate surface area is 107 Å². The number of nitrogens with zero attached hydrogens (tertiary/aromatic N) is 2. The van der Waals surface area contributed by atoms with Gasteiger partial charge in [-0.1, -0.05) is 31.8 Å². The second-order valence-electron chi connectivity index (χ2n) is 5.08. The number of nitrogens with one attached hydrogen (secondary N) is 1. The van der Waals surface area contributed by atoms with Crippen molar-refractivity contribution in [1.29, 1.82) is 0 Å². The topological polar surface area (TPSA) is 51.0 Å². The van der Waals surface area contributed by atoms with Crippen LogP contribution in [-0.2, 0) is 0 Å². The molecule has 17 heavy (non-hydrogen) atoms. The molecule has 1 N–H and O–H groups in total. The Kier molecular flexibility index (Phi) is 3.92. The minimum Gasteiger partial charge on any atom is -0.406 e. The zero-order valence-corrected chi connectivity index (χ0v) is 11.4. The van der Waals surface area contributed by atoms with Crippen molar-refractivity contribution in [3.8, 4) is 0 Å². The van der Waals surface area contributed by atoms with Crippen LogP contribution in [0, 0.1) is 11.8 Å². The maximum Gasteiger partial charge on any atom is 0.315 e. The van der Waals surface area contributed by atoms with Gasteiger partial charge in [-0.25, -0.2) is 0 Å². The van der Waals surface area contributed by atoms with E-state index in [1.54, 1.807) is 0 Å². The van der Waals surface area contributed by atoms with Gasteiger partial charge in [0.1, 0.15) is 5.38 Å². The molecule has 2 rings (SSSR count). The molecular formula is C12H20ClN3O. The van der Waals surface area contributed by atoms with Crippen LogP contribution in [-0.4, -0.2) is 16.2 Å². The Morgan fingerprint density at radius 2 is 2.12 bits per heavy atom. The standard InChI is InChI=1S/C12H20ClN3O/c1-7-5-4-6-10(8(7)2)14-12-16-15-11(17-12)9(3)13/h7-10H,4-6H2,1-3H3,(H,14,16). The second-order valence-corrected chi connectivity index (χ2v) is 5.73. The lowest BCUT2D eigenvalue weighted by molar-refractivity contribution is 0.250. The molecule has 4 unspecified atom stereocenters. The van der Waals surface area contributed by atoms with E-state index in [4.69, 9.17) is 16.0 Å². The van der Waals surface area contributed by atoms with E-state index in [0.717, 1.165) is 5.92 Å². The summed E-state index contributed by atoms with van der Waals surface area (Å²) >= 11 is 5.89. The molecule has 1 aliphatic carbocycles. The predicted octanol–water partition coefficient (Wildman–Crippen LogP) is 3.61. The van der Waals surface area contributed by atoms with E-state index in [0.29, 0.717) is 23.9 Å². The number of halogens is 1. The number of anilines is 1. The third-order valence-electron chi connectivity index (χ3n) is 3.80. The fourth-order valence-electron chi connectivity index (χ4n) is 2.40. The average molecular weight is 258 g/mol. The molecule has 1 aromatic rings. The van der Waals surface area contributed by atoms with Crippen molar-refractivity contribution in [3.05, 3.63) is 5.89 Å². The van der Waals surface area contributed by atoms with Crippen molar-refractivity contribution in [2.45, 2.75) is 51.5 Å². The van der Waals surface area contributed by atoms with Crippen molar-refractivity contribution in [2.24, 2.45) is 11.8 Å². The van der Waals surface area contributed by atoms with Gasteiger partial charge in [0.15, 0.2) is 0 Å². The van der Waals surface area contributed by atoms with Crippen LogP contribution in [0.2, 0.25) is 0 Å². The fraction of sp³-hybridized carbons (Fsp3) is 0.833. The molecule has 1 aliphatic rings. The van der Waals surface area contributed by atoms with E-state index in [2.05, 4.69) is 29.4 Å². The van der Waals surface area contributed by atoms with Crippen LogP contribution >= 0.6 is 11.6 Å². The molecule has 5 heteroatoms. The van der Waals surface area contributed by atoms with Crippen molar-refractivity contribution in [2.75, 3.05) is 5.32 Å². The van der Waals surface area contributed by atoms with Gasteiger partial charge in [0.25, 0.3) is 0 Å². The van der Waals surface area contributed by atoms with Crippen LogP contribution in [0.4, 0.5) is 6.01 Å². The summed E-state index contributed by atoms with van der Waals surface area (Å²) in [5.74, 6) is 1.86. The molecule has 4 atom stereocenters. The quantitative estimate of drug-likeness (QED) is 0.841. The lowest BCUT2D eigenvalue weighted by atomic mass is 9.78. The van der Waals surface area contributed by atoms with Gasteiger partial charge in [-0.05, 0) is 25.2 Å². The number of rotatable bonds is 3. The van der Waals surface area contributed by atoms with Crippen LogP contribution < -0.4 is 5.32 Å². The van der Waals surface area contributed by atoms with Gasteiger partial charge in [-0.3, -0.25) is 0 Å². The molecule has 1 heterocycles. The van der Waals surface area contributed by atoms with Gasteiger partial charge in [-0.15, -0.1) is 16.7 Å². The first-order valence-corrected chi connectivity index (χ1v) is 6.75. The summed E-state index contributed by atoms with van der Waals surface area (Å²) in [5, 5.41) is 11.0. The molecule has 0 spiro atoms. The maximum atomic E-state index is 5.89. The summed E-state index contributed by atoms with van der Waals surface area (Å²) in [7, 11) is 0. The molecule has 0 aromatic carbocycles. The summed E-state index contributed by atoms with van der Waals surface area (Å²) in [5.41, 5.74) is 0. The van der Waals surface area contributed by atoms with Crippen LogP contribution in [0.15, 0.2) is 4.42 Å². The zero-order valence-electron chi connectivity index (χ0n) is 10.6. The SMILES string of the molecule is CC(Cl)c1nnc(NC2CCCC(C)C2C)o1. The largest absolute Gasteiger partial charge is 0.406 e. The van der Waals surface area contributed by atoms with Gasteiger partial charge in [-0.2, -0.15) is 0 Å². The van der Waals surface area contributed by atoms with E-state index in [1.165, 1.54) is 19.3 Å². The Bertz CT molecular complexity index is 366. The van der Waals surface area contributed by atoms with Crippen LogP contribution in [0.1, 0.15) is 51.3 Å². The number of hydrogen-bond donors (Lipinski definition) is 1. The highest BCUT2D eigenvalue weighted by molar-refractivity contribution is 6.20. The summed E-state index contributed by atoms with van der Waals surface area (Å²) in [4.78, 5) is 0. The van der Waals surface area contributed by atoms with Gasteiger partial charge in [0.2, 0.25) is 5.89 Å². The van der Waals surface area contributed by atoms with E-state index in [9.17, 15) is 0 Å². The number of alkyl halides is 1. The van der Waals surface area contributed by atoms with Gasteiger partial charge >= 0.3 is 6.01 Å². The third kappa shape index (κ3) is 2.92. The molecule has 96 valence electrons. The molecular weight excluding hydrogens is 238 g/mol. The van der Waals surface area contributed by atoms with Gasteiger partial charge in [0, 0.05) is 6.04 Å². The van der Waals surface area contributed by atoms with E-state index in [1.807, 2.05) is 6.92 Å². The molecule has 0 amide bonds. The van der Waals surface area contributed by atoms with Gasteiger partial charge in [0.05, 0.1) is 0 Å². The first-order valence-electron chi connectivity index (χ1n) is 6.32. The Morgan fingerprint density at radius 3 is 2.76 bits per heavy atom. The first kappa shape index (κ1) is 12.7. The van der Waals surface area contributed by atoms with Crippen molar-refractivity contribution >= 4 is 17.6 Å². The molecule has 0 radical (unpaired) electrons. The van der Waals surface area contributed by atoms with Crippen molar-refractivity contribution in [3.63, 3.8) is 0 Å². The molecule has 0 saturated heterocycles. The van der Waals surface area contributed by atoms with Crippen LogP contribution in [0.5, 0.6) is 0 Å². The third-order valence-corrected chi connectivity index (χ3v) is 3.98. The fourth-order valence-corrected chi connectivity index (χ4v) is 2.49. The normalized spacial score (nSPS) is 31.2. The highest BCUT2D eigenvalue weighted by atomic mass is 35.5. The average Bonchev–Trinajstić information content (AvgIpc) is 2.73. The summed E-state index contributed by atoms with van der Waals surface area (Å²) in [6.45, 7) is 6.41. The first-order chi connectivity index (χ1) is 8.08. The second kappa shape index (κ2) is 5.25. The smallest absolute Gasteiger partial charge is 0.315 e. The highest BCUT2D eigenvalue weighted by Crippen LogP contribution is 2.31. The van der Waals surface area contributed by atoms with E-state index in [-0.39, 0.29) is 5.38 Å². The summed E-state index contributed by atoms with van der Waals surface area (Å²) in [6.07, 6.45) is 3.74. The van der Waals surface area contributed by atoms with Gasteiger partial charge < -0.3 is 9.73 Å². The molecule has 1 fully saturated rings. The zero-order chi connectivity index (χ0) is 12.4. The molecule has 0 bridgehead atoms. The minimum absolute atomic E-state index is 0.235. The minimum atomic E-state index is -0.235. The van der Waals surface area contributed by atoms with Crippen LogP contribution in [0.25, 0.3) is 0 Å². The Morgan fingerprint density at radius 1 is 1.35 bits per heavy atom. The summed E-state index contributed by atoms with van der Waals surface area (Å²) in [6, 6.07) is 0.927. The Balaban J connectivity index is 1.99. The maximum absolute atomic E-state index is 5.89. The summed E-state index contributed by atoms with van der Waals surface area (Å²) < 4.78 is 5.47. The predicted molar refractivity (Wildman–Crippen MR) is 68.2 cm³/mol. The number of hydrogen-bond acceptors (Lipinski definition) is 4. The van der Waals surface area contributed by atoms with E-state index >= 15 is 0 Å². The molecule has 4 nitrogen and oxygen atoms in total. The molecule has 1 saturated carbocycles. The van der Waals surface area contributed by atoms with E-state index < -0.39 is 0 Å². The lowest BCUT2D eigenvalue weighted by Crippen LogP contribution is -2.35.